The highest BCUT2D eigenvalue weighted by Crippen LogP contribution is 2.23. The van der Waals surface area contributed by atoms with Crippen molar-refractivity contribution in [3.8, 4) is 0 Å². The van der Waals surface area contributed by atoms with Crippen LogP contribution in [-0.2, 0) is 12.4 Å². The van der Waals surface area contributed by atoms with Gasteiger partial charge in [-0.05, 0) is 30.9 Å². The fourth-order valence-electron chi connectivity index (χ4n) is 2.65. The van der Waals surface area contributed by atoms with Crippen molar-refractivity contribution in [3.05, 3.63) is 23.7 Å². The second kappa shape index (κ2) is 7.07. The number of pyridine rings is 1. The zero-order valence-electron chi connectivity index (χ0n) is 12.7. The summed E-state index contributed by atoms with van der Waals surface area (Å²) in [4.78, 5) is 9.19. The molecule has 20 heavy (non-hydrogen) atoms. The van der Waals surface area contributed by atoms with Gasteiger partial charge in [-0.2, -0.15) is 0 Å². The highest BCUT2D eigenvalue weighted by molar-refractivity contribution is 6.16. The summed E-state index contributed by atoms with van der Waals surface area (Å²) in [5.74, 6) is 2.06. The number of rotatable bonds is 7. The van der Waals surface area contributed by atoms with Crippen molar-refractivity contribution in [3.63, 3.8) is 0 Å². The highest BCUT2D eigenvalue weighted by atomic mass is 35.5. The maximum Gasteiger partial charge on any atom is 0.160 e. The van der Waals surface area contributed by atoms with Crippen LogP contribution in [0.5, 0.6) is 0 Å². The monoisotopic (exact) mass is 293 g/mol. The molecule has 3 nitrogen and oxygen atoms in total. The van der Waals surface area contributed by atoms with E-state index in [0.29, 0.717) is 11.8 Å². The average Bonchev–Trinajstić information content (AvgIpc) is 2.82. The summed E-state index contributed by atoms with van der Waals surface area (Å²) in [6.07, 6.45) is 6.85. The minimum atomic E-state index is 0.444. The molecule has 2 aromatic rings. The van der Waals surface area contributed by atoms with Crippen LogP contribution in [0.2, 0.25) is 0 Å². The maximum atomic E-state index is 6.08. The number of aromatic nitrogens is 3. The third-order valence-corrected chi connectivity index (χ3v) is 4.26. The summed E-state index contributed by atoms with van der Waals surface area (Å²) in [6, 6.07) is 2.01. The number of unbranched alkanes of at least 4 members (excludes halogenated alkanes) is 1. The molecule has 0 radical (unpaired) electrons. The van der Waals surface area contributed by atoms with Crippen molar-refractivity contribution >= 4 is 22.8 Å². The van der Waals surface area contributed by atoms with Gasteiger partial charge in [0.25, 0.3) is 0 Å². The minimum absolute atomic E-state index is 0.444. The number of aryl methyl sites for hydroxylation is 1. The van der Waals surface area contributed by atoms with Gasteiger partial charge in [0.15, 0.2) is 5.65 Å². The van der Waals surface area contributed by atoms with E-state index in [2.05, 4.69) is 35.3 Å². The maximum absolute atomic E-state index is 6.08. The standard InChI is InChI=1S/C16H24ClN3/c1-4-6-7-13(5-2)11-20-14(10-17)19-15-12(3)8-9-18-16(15)20/h8-9,13H,4-7,10-11H2,1-3H3. The second-order valence-corrected chi connectivity index (χ2v) is 5.76. The lowest BCUT2D eigenvalue weighted by molar-refractivity contribution is 0.390. The van der Waals surface area contributed by atoms with Crippen LogP contribution in [0.1, 0.15) is 50.9 Å². The van der Waals surface area contributed by atoms with Crippen LogP contribution in [0.15, 0.2) is 12.3 Å². The Morgan fingerprint density at radius 1 is 1.35 bits per heavy atom. The Labute approximate surface area is 126 Å². The molecule has 0 amide bonds. The normalized spacial score (nSPS) is 13.0. The highest BCUT2D eigenvalue weighted by Gasteiger charge is 2.16. The molecule has 0 aliphatic rings. The third kappa shape index (κ3) is 3.14. The van der Waals surface area contributed by atoms with Crippen molar-refractivity contribution in [1.29, 1.82) is 0 Å². The van der Waals surface area contributed by atoms with Gasteiger partial charge in [0.1, 0.15) is 11.3 Å². The molecule has 4 heteroatoms. The molecular formula is C16H24ClN3. The quantitative estimate of drug-likeness (QED) is 0.693. The molecule has 0 aliphatic heterocycles. The number of nitrogens with zero attached hydrogens (tertiary/aromatic N) is 3. The first-order valence-corrected chi connectivity index (χ1v) is 8.11. The van der Waals surface area contributed by atoms with Crippen LogP contribution in [0.3, 0.4) is 0 Å². The molecule has 2 heterocycles. The van der Waals surface area contributed by atoms with Gasteiger partial charge in [-0.1, -0.05) is 33.1 Å². The summed E-state index contributed by atoms with van der Waals surface area (Å²) < 4.78 is 2.22. The molecule has 1 unspecified atom stereocenters. The van der Waals surface area contributed by atoms with Gasteiger partial charge in [-0.15, -0.1) is 11.6 Å². The zero-order chi connectivity index (χ0) is 14.5. The molecule has 0 fully saturated rings. The largest absolute Gasteiger partial charge is 0.311 e. The molecule has 0 aromatic carbocycles. The molecule has 0 spiro atoms. The molecule has 2 rings (SSSR count). The zero-order valence-corrected chi connectivity index (χ0v) is 13.5. The lowest BCUT2D eigenvalue weighted by Gasteiger charge is -2.17. The fourth-order valence-corrected chi connectivity index (χ4v) is 2.86. The van der Waals surface area contributed by atoms with E-state index in [0.717, 1.165) is 23.5 Å². The molecule has 0 saturated heterocycles. The first kappa shape index (κ1) is 15.3. The van der Waals surface area contributed by atoms with E-state index in [1.165, 1.54) is 31.2 Å². The van der Waals surface area contributed by atoms with Crippen molar-refractivity contribution in [2.45, 2.75) is 58.9 Å². The third-order valence-electron chi connectivity index (χ3n) is 4.02. The van der Waals surface area contributed by atoms with Gasteiger partial charge < -0.3 is 4.57 Å². The smallest absolute Gasteiger partial charge is 0.160 e. The average molecular weight is 294 g/mol. The van der Waals surface area contributed by atoms with Gasteiger partial charge in [0.05, 0.1) is 5.88 Å². The van der Waals surface area contributed by atoms with E-state index in [1.54, 1.807) is 0 Å². The fraction of sp³-hybridized carbons (Fsp3) is 0.625. The number of hydrogen-bond acceptors (Lipinski definition) is 2. The number of hydrogen-bond donors (Lipinski definition) is 0. The summed E-state index contributed by atoms with van der Waals surface area (Å²) in [7, 11) is 0. The first-order chi connectivity index (χ1) is 9.71. The van der Waals surface area contributed by atoms with E-state index in [-0.39, 0.29) is 0 Å². The SMILES string of the molecule is CCCCC(CC)Cn1c(CCl)nc2c(C)ccnc21. The summed E-state index contributed by atoms with van der Waals surface area (Å²) in [5, 5.41) is 0. The van der Waals surface area contributed by atoms with Crippen molar-refractivity contribution < 1.29 is 0 Å². The van der Waals surface area contributed by atoms with Gasteiger partial charge >= 0.3 is 0 Å². The molecule has 110 valence electrons. The Hall–Kier alpha value is -1.09. The van der Waals surface area contributed by atoms with Crippen LogP contribution in [0.25, 0.3) is 11.2 Å². The van der Waals surface area contributed by atoms with Gasteiger partial charge in [0.2, 0.25) is 0 Å². The van der Waals surface area contributed by atoms with Crippen LogP contribution < -0.4 is 0 Å². The molecule has 0 bridgehead atoms. The predicted molar refractivity (Wildman–Crippen MR) is 85.1 cm³/mol. The molecule has 0 N–H and O–H groups in total. The van der Waals surface area contributed by atoms with Crippen LogP contribution in [0, 0.1) is 12.8 Å². The van der Waals surface area contributed by atoms with Crippen molar-refractivity contribution in [1.82, 2.24) is 14.5 Å². The lowest BCUT2D eigenvalue weighted by atomic mass is 9.99. The van der Waals surface area contributed by atoms with Crippen molar-refractivity contribution in [2.24, 2.45) is 5.92 Å². The lowest BCUT2D eigenvalue weighted by Crippen LogP contribution is -2.13. The van der Waals surface area contributed by atoms with E-state index >= 15 is 0 Å². The van der Waals surface area contributed by atoms with Gasteiger partial charge in [0, 0.05) is 12.7 Å². The molecule has 0 aliphatic carbocycles. The molecule has 0 saturated carbocycles. The van der Waals surface area contributed by atoms with Crippen LogP contribution in [-0.4, -0.2) is 14.5 Å². The van der Waals surface area contributed by atoms with E-state index in [1.807, 2.05) is 12.3 Å². The van der Waals surface area contributed by atoms with Crippen LogP contribution in [0.4, 0.5) is 0 Å². The summed E-state index contributed by atoms with van der Waals surface area (Å²) in [6.45, 7) is 7.56. The molecule has 2 aromatic heterocycles. The Kier molecular flexibility index (Phi) is 5.41. The predicted octanol–water partition coefficient (Wildman–Crippen LogP) is 4.69. The summed E-state index contributed by atoms with van der Waals surface area (Å²) >= 11 is 6.08. The second-order valence-electron chi connectivity index (χ2n) is 5.49. The molecular weight excluding hydrogens is 270 g/mol. The van der Waals surface area contributed by atoms with Crippen molar-refractivity contribution in [2.75, 3.05) is 0 Å². The topological polar surface area (TPSA) is 30.7 Å². The molecule has 1 atom stereocenters. The first-order valence-electron chi connectivity index (χ1n) is 7.57. The van der Waals surface area contributed by atoms with E-state index in [9.17, 15) is 0 Å². The van der Waals surface area contributed by atoms with E-state index < -0.39 is 0 Å². The summed E-state index contributed by atoms with van der Waals surface area (Å²) in [5.41, 5.74) is 3.14. The number of alkyl halides is 1. The van der Waals surface area contributed by atoms with Gasteiger partial charge in [-0.25, -0.2) is 9.97 Å². The van der Waals surface area contributed by atoms with Crippen LogP contribution >= 0.6 is 11.6 Å². The van der Waals surface area contributed by atoms with Gasteiger partial charge in [-0.3, -0.25) is 0 Å². The van der Waals surface area contributed by atoms with E-state index in [4.69, 9.17) is 11.6 Å². The Morgan fingerprint density at radius 3 is 2.80 bits per heavy atom. The Balaban J connectivity index is 2.34. The number of fused-ring (bicyclic) bond motifs is 1. The number of imidazole rings is 1. The Morgan fingerprint density at radius 2 is 2.15 bits per heavy atom. The Bertz CT molecular complexity index is 562. The number of halogens is 1. The minimum Gasteiger partial charge on any atom is -0.311 e.